The van der Waals surface area contributed by atoms with Gasteiger partial charge in [-0.2, -0.15) is 0 Å². The first-order valence-electron chi connectivity index (χ1n) is 5.53. The third kappa shape index (κ3) is 1.78. The van der Waals surface area contributed by atoms with Crippen molar-refractivity contribution < 1.29 is 9.15 Å². The first-order valence-corrected chi connectivity index (χ1v) is 5.53. The second-order valence-corrected chi connectivity index (χ2v) is 3.77. The summed E-state index contributed by atoms with van der Waals surface area (Å²) in [5.74, 6) is 1.78. The van der Waals surface area contributed by atoms with E-state index in [0.29, 0.717) is 0 Å². The number of rotatable bonds is 4. The Kier molecular flexibility index (Phi) is 3.15. The number of hydrogen-bond donors (Lipinski definition) is 1. The molecule has 1 aromatic heterocycles. The maximum atomic E-state index is 5.84. The van der Waals surface area contributed by atoms with Gasteiger partial charge in [0.05, 0.1) is 13.7 Å². The van der Waals surface area contributed by atoms with E-state index in [4.69, 9.17) is 9.15 Å². The standard InChI is InChI=1S/C13H17NO2/c1-4-14-8-12-9(2)10-6-5-7-11(15-3)13(10)16-12/h5-7,14H,4,8H2,1-3H3. The van der Waals surface area contributed by atoms with Gasteiger partial charge in [-0.25, -0.2) is 0 Å². The zero-order valence-corrected chi connectivity index (χ0v) is 9.96. The maximum absolute atomic E-state index is 5.84. The largest absolute Gasteiger partial charge is 0.493 e. The Morgan fingerprint density at radius 3 is 2.88 bits per heavy atom. The van der Waals surface area contributed by atoms with Crippen LogP contribution in [0, 0.1) is 6.92 Å². The Hall–Kier alpha value is -1.48. The fraction of sp³-hybridized carbons (Fsp3) is 0.385. The number of fused-ring (bicyclic) bond motifs is 1. The lowest BCUT2D eigenvalue weighted by molar-refractivity contribution is 0.406. The van der Waals surface area contributed by atoms with E-state index in [9.17, 15) is 0 Å². The second-order valence-electron chi connectivity index (χ2n) is 3.77. The molecule has 1 N–H and O–H groups in total. The summed E-state index contributed by atoms with van der Waals surface area (Å²) in [7, 11) is 1.66. The summed E-state index contributed by atoms with van der Waals surface area (Å²) in [6.07, 6.45) is 0. The fourth-order valence-electron chi connectivity index (χ4n) is 1.83. The molecule has 0 spiro atoms. The van der Waals surface area contributed by atoms with Crippen LogP contribution < -0.4 is 10.1 Å². The van der Waals surface area contributed by atoms with E-state index in [0.717, 1.165) is 35.6 Å². The molecule has 16 heavy (non-hydrogen) atoms. The van der Waals surface area contributed by atoms with Crippen molar-refractivity contribution in [3.05, 3.63) is 29.5 Å². The molecule has 86 valence electrons. The number of methoxy groups -OCH3 is 1. The van der Waals surface area contributed by atoms with Crippen LogP contribution in [-0.4, -0.2) is 13.7 Å². The van der Waals surface area contributed by atoms with Gasteiger partial charge in [0.1, 0.15) is 5.76 Å². The highest BCUT2D eigenvalue weighted by molar-refractivity contribution is 5.87. The molecular formula is C13H17NO2. The molecule has 0 atom stereocenters. The minimum absolute atomic E-state index is 0.764. The molecule has 0 saturated heterocycles. The number of hydrogen-bond acceptors (Lipinski definition) is 3. The van der Waals surface area contributed by atoms with Crippen molar-refractivity contribution in [1.29, 1.82) is 0 Å². The van der Waals surface area contributed by atoms with Crippen molar-refractivity contribution >= 4 is 11.0 Å². The van der Waals surface area contributed by atoms with Crippen LogP contribution in [0.3, 0.4) is 0 Å². The fourth-order valence-corrected chi connectivity index (χ4v) is 1.83. The van der Waals surface area contributed by atoms with Gasteiger partial charge in [-0.05, 0) is 25.1 Å². The van der Waals surface area contributed by atoms with Crippen molar-refractivity contribution in [2.45, 2.75) is 20.4 Å². The second kappa shape index (κ2) is 4.58. The molecule has 0 fully saturated rings. The zero-order chi connectivity index (χ0) is 11.5. The van der Waals surface area contributed by atoms with Gasteiger partial charge in [-0.15, -0.1) is 0 Å². The first-order chi connectivity index (χ1) is 7.77. The van der Waals surface area contributed by atoms with Crippen molar-refractivity contribution in [2.75, 3.05) is 13.7 Å². The van der Waals surface area contributed by atoms with Gasteiger partial charge >= 0.3 is 0 Å². The number of furan rings is 1. The highest BCUT2D eigenvalue weighted by atomic mass is 16.5. The summed E-state index contributed by atoms with van der Waals surface area (Å²) >= 11 is 0. The number of aryl methyl sites for hydroxylation is 1. The molecule has 0 bridgehead atoms. The van der Waals surface area contributed by atoms with Gasteiger partial charge in [0.25, 0.3) is 0 Å². The van der Waals surface area contributed by atoms with Crippen molar-refractivity contribution in [3.63, 3.8) is 0 Å². The summed E-state index contributed by atoms with van der Waals surface area (Å²) < 4.78 is 11.1. The molecule has 2 aromatic rings. The van der Waals surface area contributed by atoms with Crippen LogP contribution in [0.15, 0.2) is 22.6 Å². The van der Waals surface area contributed by atoms with E-state index in [1.807, 2.05) is 12.1 Å². The van der Waals surface area contributed by atoms with E-state index >= 15 is 0 Å². The molecule has 0 aliphatic carbocycles. The van der Waals surface area contributed by atoms with Crippen LogP contribution in [0.5, 0.6) is 5.75 Å². The van der Waals surface area contributed by atoms with Gasteiger partial charge in [-0.1, -0.05) is 19.1 Å². The first kappa shape index (κ1) is 11.0. The normalized spacial score (nSPS) is 10.9. The predicted octanol–water partition coefficient (Wildman–Crippen LogP) is 2.86. The molecule has 3 heteroatoms. The van der Waals surface area contributed by atoms with E-state index < -0.39 is 0 Å². The lowest BCUT2D eigenvalue weighted by atomic mass is 10.1. The van der Waals surface area contributed by atoms with Crippen LogP contribution >= 0.6 is 0 Å². The Morgan fingerprint density at radius 2 is 2.19 bits per heavy atom. The Labute approximate surface area is 95.4 Å². The molecule has 2 rings (SSSR count). The van der Waals surface area contributed by atoms with E-state index in [1.54, 1.807) is 7.11 Å². The maximum Gasteiger partial charge on any atom is 0.176 e. The predicted molar refractivity (Wildman–Crippen MR) is 64.9 cm³/mol. The van der Waals surface area contributed by atoms with Crippen LogP contribution in [0.25, 0.3) is 11.0 Å². The number of benzene rings is 1. The zero-order valence-electron chi connectivity index (χ0n) is 9.96. The minimum atomic E-state index is 0.764. The quantitative estimate of drug-likeness (QED) is 0.858. The van der Waals surface area contributed by atoms with Crippen molar-refractivity contribution in [2.24, 2.45) is 0 Å². The molecular weight excluding hydrogens is 202 g/mol. The van der Waals surface area contributed by atoms with Gasteiger partial charge in [-0.3, -0.25) is 0 Å². The molecule has 0 amide bonds. The average Bonchev–Trinajstić information content (AvgIpc) is 2.64. The van der Waals surface area contributed by atoms with E-state index in [2.05, 4.69) is 25.2 Å². The highest BCUT2D eigenvalue weighted by Gasteiger charge is 2.12. The third-order valence-corrected chi connectivity index (χ3v) is 2.78. The van der Waals surface area contributed by atoms with Gasteiger partial charge < -0.3 is 14.5 Å². The SMILES string of the molecule is CCNCc1oc2c(OC)cccc2c1C. The van der Waals surface area contributed by atoms with Gasteiger partial charge in [0, 0.05) is 5.39 Å². The Morgan fingerprint density at radius 1 is 1.38 bits per heavy atom. The van der Waals surface area contributed by atoms with Crippen LogP contribution in [0.1, 0.15) is 18.2 Å². The minimum Gasteiger partial charge on any atom is -0.493 e. The average molecular weight is 219 g/mol. The summed E-state index contributed by atoms with van der Waals surface area (Å²) in [5, 5.41) is 4.40. The van der Waals surface area contributed by atoms with Crippen LogP contribution in [0.4, 0.5) is 0 Å². The highest BCUT2D eigenvalue weighted by Crippen LogP contribution is 2.31. The Bertz CT molecular complexity index is 488. The molecule has 0 radical (unpaired) electrons. The molecule has 3 nitrogen and oxygen atoms in total. The lowest BCUT2D eigenvalue weighted by Crippen LogP contribution is -2.11. The van der Waals surface area contributed by atoms with Crippen LogP contribution in [-0.2, 0) is 6.54 Å². The van der Waals surface area contributed by atoms with Crippen molar-refractivity contribution in [1.82, 2.24) is 5.32 Å². The molecule has 0 aliphatic rings. The number of para-hydroxylation sites is 1. The molecule has 0 unspecified atom stereocenters. The summed E-state index contributed by atoms with van der Waals surface area (Å²) in [6.45, 7) is 5.87. The summed E-state index contributed by atoms with van der Waals surface area (Å²) in [5.41, 5.74) is 2.03. The van der Waals surface area contributed by atoms with Gasteiger partial charge in [0.2, 0.25) is 0 Å². The molecule has 0 aliphatic heterocycles. The number of ether oxygens (including phenoxy) is 1. The van der Waals surface area contributed by atoms with Gasteiger partial charge in [0.15, 0.2) is 11.3 Å². The Balaban J connectivity index is 2.49. The van der Waals surface area contributed by atoms with Crippen LogP contribution in [0.2, 0.25) is 0 Å². The monoisotopic (exact) mass is 219 g/mol. The topological polar surface area (TPSA) is 34.4 Å². The number of nitrogens with one attached hydrogen (secondary N) is 1. The third-order valence-electron chi connectivity index (χ3n) is 2.78. The van der Waals surface area contributed by atoms with E-state index in [1.165, 1.54) is 5.56 Å². The molecule has 1 heterocycles. The van der Waals surface area contributed by atoms with E-state index in [-0.39, 0.29) is 0 Å². The lowest BCUT2D eigenvalue weighted by Gasteiger charge is -1.99. The van der Waals surface area contributed by atoms with Crippen molar-refractivity contribution in [3.8, 4) is 5.75 Å². The molecule has 1 aromatic carbocycles. The smallest absolute Gasteiger partial charge is 0.176 e. The summed E-state index contributed by atoms with van der Waals surface area (Å²) in [6, 6.07) is 5.97. The summed E-state index contributed by atoms with van der Waals surface area (Å²) in [4.78, 5) is 0. The molecule has 0 saturated carbocycles.